The van der Waals surface area contributed by atoms with Gasteiger partial charge in [-0.15, -0.1) is 0 Å². The first-order valence-electron chi connectivity index (χ1n) is 8.45. The second-order valence-corrected chi connectivity index (χ2v) is 8.16. The SMILES string of the molecule is O=C(Nc1c2c(cc3c1CCC3)CCC2)NS(=O)(=O)c1cccnc1. The van der Waals surface area contributed by atoms with Crippen molar-refractivity contribution in [2.24, 2.45) is 0 Å². The van der Waals surface area contributed by atoms with Gasteiger partial charge >= 0.3 is 6.03 Å². The van der Waals surface area contributed by atoms with Crippen molar-refractivity contribution in [1.82, 2.24) is 9.71 Å². The van der Waals surface area contributed by atoms with Gasteiger partial charge in [-0.3, -0.25) is 4.98 Å². The highest BCUT2D eigenvalue weighted by atomic mass is 32.2. The molecule has 4 rings (SSSR count). The van der Waals surface area contributed by atoms with Crippen LogP contribution in [0.3, 0.4) is 0 Å². The number of fused-ring (bicyclic) bond motifs is 2. The van der Waals surface area contributed by atoms with Gasteiger partial charge in [0.25, 0.3) is 10.0 Å². The van der Waals surface area contributed by atoms with Gasteiger partial charge in [0.1, 0.15) is 4.90 Å². The van der Waals surface area contributed by atoms with E-state index in [0.717, 1.165) is 55.3 Å². The molecule has 1 aromatic heterocycles. The third-order valence-corrected chi connectivity index (χ3v) is 6.20. The van der Waals surface area contributed by atoms with Crippen LogP contribution in [0.2, 0.25) is 0 Å². The Kier molecular flexibility index (Phi) is 3.95. The summed E-state index contributed by atoms with van der Waals surface area (Å²) in [6.07, 6.45) is 8.73. The Balaban J connectivity index is 1.60. The highest BCUT2D eigenvalue weighted by Crippen LogP contribution is 2.38. The van der Waals surface area contributed by atoms with Crippen LogP contribution in [0.15, 0.2) is 35.5 Å². The molecule has 2 aliphatic carbocycles. The predicted molar refractivity (Wildman–Crippen MR) is 94.1 cm³/mol. The number of pyridine rings is 1. The number of carbonyl (C=O) groups excluding carboxylic acids is 1. The summed E-state index contributed by atoms with van der Waals surface area (Å²) in [5.74, 6) is 0. The van der Waals surface area contributed by atoms with E-state index in [0.29, 0.717) is 0 Å². The van der Waals surface area contributed by atoms with E-state index in [1.54, 1.807) is 0 Å². The number of aromatic nitrogens is 1. The smallest absolute Gasteiger partial charge is 0.307 e. The van der Waals surface area contributed by atoms with Crippen molar-refractivity contribution >= 4 is 21.7 Å². The van der Waals surface area contributed by atoms with E-state index >= 15 is 0 Å². The Bertz CT molecular complexity index is 908. The van der Waals surface area contributed by atoms with Crippen LogP contribution in [-0.4, -0.2) is 19.4 Å². The third-order valence-electron chi connectivity index (χ3n) is 4.88. The lowest BCUT2D eigenvalue weighted by molar-refractivity contribution is 0.256. The zero-order chi connectivity index (χ0) is 17.4. The minimum absolute atomic E-state index is 0.0336. The standard InChI is InChI=1S/C18H19N3O3S/c22-18(21-25(23,24)14-6-3-9-19-11-14)20-17-15-7-1-4-12(15)10-13-5-2-8-16(13)17/h3,6,9-11H,1-2,4-5,7-8H2,(H2,20,21,22). The summed E-state index contributed by atoms with van der Waals surface area (Å²) in [4.78, 5) is 16.1. The van der Waals surface area contributed by atoms with E-state index in [-0.39, 0.29) is 4.90 Å². The van der Waals surface area contributed by atoms with Crippen molar-refractivity contribution in [2.45, 2.75) is 43.4 Å². The topological polar surface area (TPSA) is 88.2 Å². The molecule has 0 unspecified atom stereocenters. The number of urea groups is 1. The largest absolute Gasteiger partial charge is 0.333 e. The zero-order valence-electron chi connectivity index (χ0n) is 13.7. The fraction of sp³-hybridized carbons (Fsp3) is 0.333. The van der Waals surface area contributed by atoms with Crippen LogP contribution in [0.25, 0.3) is 0 Å². The molecule has 0 fully saturated rings. The van der Waals surface area contributed by atoms with E-state index in [1.807, 2.05) is 0 Å². The van der Waals surface area contributed by atoms with Gasteiger partial charge in [0.05, 0.1) is 0 Å². The fourth-order valence-electron chi connectivity index (χ4n) is 3.79. The van der Waals surface area contributed by atoms with Gasteiger partial charge < -0.3 is 5.32 Å². The number of anilines is 1. The van der Waals surface area contributed by atoms with E-state index in [9.17, 15) is 13.2 Å². The summed E-state index contributed by atoms with van der Waals surface area (Å²) >= 11 is 0. The molecular formula is C18H19N3O3S. The molecule has 6 nitrogen and oxygen atoms in total. The second kappa shape index (κ2) is 6.15. The van der Waals surface area contributed by atoms with Crippen LogP contribution in [0.4, 0.5) is 10.5 Å². The van der Waals surface area contributed by atoms with Gasteiger partial charge in [-0.05, 0) is 72.9 Å². The lowest BCUT2D eigenvalue weighted by Crippen LogP contribution is -2.35. The number of carbonyl (C=O) groups is 1. The Morgan fingerprint density at radius 3 is 2.32 bits per heavy atom. The molecule has 0 bridgehead atoms. The first-order chi connectivity index (χ1) is 12.0. The maximum absolute atomic E-state index is 12.4. The van der Waals surface area contributed by atoms with Crippen LogP contribution < -0.4 is 10.0 Å². The summed E-state index contributed by atoms with van der Waals surface area (Å²) in [6.45, 7) is 0. The summed E-state index contributed by atoms with van der Waals surface area (Å²) in [5, 5.41) is 2.82. The molecular weight excluding hydrogens is 338 g/mol. The summed E-state index contributed by atoms with van der Waals surface area (Å²) in [7, 11) is -3.93. The van der Waals surface area contributed by atoms with E-state index in [4.69, 9.17) is 0 Å². The lowest BCUT2D eigenvalue weighted by Gasteiger charge is -2.16. The van der Waals surface area contributed by atoms with Crippen LogP contribution >= 0.6 is 0 Å². The Morgan fingerprint density at radius 2 is 1.72 bits per heavy atom. The molecule has 25 heavy (non-hydrogen) atoms. The molecule has 130 valence electrons. The molecule has 0 radical (unpaired) electrons. The summed E-state index contributed by atoms with van der Waals surface area (Å²) in [5.41, 5.74) is 5.71. The Labute approximate surface area is 146 Å². The maximum atomic E-state index is 12.4. The van der Waals surface area contributed by atoms with Gasteiger partial charge in [-0.25, -0.2) is 17.9 Å². The zero-order valence-corrected chi connectivity index (χ0v) is 14.5. The number of nitrogens with one attached hydrogen (secondary N) is 2. The van der Waals surface area contributed by atoms with Gasteiger partial charge in [0.2, 0.25) is 0 Å². The number of amides is 2. The van der Waals surface area contributed by atoms with Crippen molar-refractivity contribution in [3.05, 3.63) is 52.8 Å². The number of aryl methyl sites for hydroxylation is 2. The highest BCUT2D eigenvalue weighted by Gasteiger charge is 2.26. The van der Waals surface area contributed by atoms with Crippen molar-refractivity contribution in [1.29, 1.82) is 0 Å². The van der Waals surface area contributed by atoms with Crippen molar-refractivity contribution in [3.63, 3.8) is 0 Å². The van der Waals surface area contributed by atoms with Crippen molar-refractivity contribution in [2.75, 3.05) is 5.32 Å². The number of rotatable bonds is 3. The number of hydrogen-bond donors (Lipinski definition) is 2. The lowest BCUT2D eigenvalue weighted by atomic mass is 9.99. The Hall–Kier alpha value is -2.41. The molecule has 2 aromatic rings. The van der Waals surface area contributed by atoms with E-state index < -0.39 is 16.1 Å². The maximum Gasteiger partial charge on any atom is 0.333 e. The molecule has 0 saturated heterocycles. The van der Waals surface area contributed by atoms with Gasteiger partial charge in [-0.2, -0.15) is 0 Å². The molecule has 0 aliphatic heterocycles. The minimum Gasteiger partial charge on any atom is -0.307 e. The first kappa shape index (κ1) is 16.1. The second-order valence-electron chi connectivity index (χ2n) is 6.48. The number of hydrogen-bond acceptors (Lipinski definition) is 4. The van der Waals surface area contributed by atoms with Gasteiger partial charge in [0.15, 0.2) is 0 Å². The molecule has 2 N–H and O–H groups in total. The molecule has 2 amide bonds. The fourth-order valence-corrected chi connectivity index (χ4v) is 4.66. The highest BCUT2D eigenvalue weighted by molar-refractivity contribution is 7.90. The number of benzene rings is 1. The van der Waals surface area contributed by atoms with Gasteiger partial charge in [0, 0.05) is 18.1 Å². The first-order valence-corrected chi connectivity index (χ1v) is 9.93. The molecule has 0 spiro atoms. The minimum atomic E-state index is -3.93. The van der Waals surface area contributed by atoms with Crippen molar-refractivity contribution < 1.29 is 13.2 Å². The monoisotopic (exact) mass is 357 g/mol. The normalized spacial score (nSPS) is 15.5. The molecule has 1 heterocycles. The molecule has 7 heteroatoms. The predicted octanol–water partition coefficient (Wildman–Crippen LogP) is 2.57. The average Bonchev–Trinajstić information content (AvgIpc) is 3.24. The average molecular weight is 357 g/mol. The third kappa shape index (κ3) is 3.00. The summed E-state index contributed by atoms with van der Waals surface area (Å²) < 4.78 is 26.7. The molecule has 2 aliphatic rings. The Morgan fingerprint density at radius 1 is 1.04 bits per heavy atom. The van der Waals surface area contributed by atoms with E-state index in [2.05, 4.69) is 21.1 Å². The van der Waals surface area contributed by atoms with Crippen LogP contribution in [0.5, 0.6) is 0 Å². The van der Waals surface area contributed by atoms with Crippen molar-refractivity contribution in [3.8, 4) is 0 Å². The molecule has 0 atom stereocenters. The van der Waals surface area contributed by atoms with Gasteiger partial charge in [-0.1, -0.05) is 6.07 Å². The molecule has 0 saturated carbocycles. The van der Waals surface area contributed by atoms with Crippen LogP contribution in [-0.2, 0) is 35.7 Å². The van der Waals surface area contributed by atoms with E-state index in [1.165, 1.54) is 35.7 Å². The number of sulfonamides is 1. The van der Waals surface area contributed by atoms with Crippen LogP contribution in [0, 0.1) is 0 Å². The quantitative estimate of drug-likeness (QED) is 0.884. The summed E-state index contributed by atoms with van der Waals surface area (Å²) in [6, 6.07) is 4.46. The molecule has 1 aromatic carbocycles. The van der Waals surface area contributed by atoms with Crippen LogP contribution in [0.1, 0.15) is 35.1 Å². The number of nitrogens with zero attached hydrogens (tertiary/aromatic N) is 1.